The first-order chi connectivity index (χ1) is 9.61. The number of nitrogens with zero attached hydrogens (tertiary/aromatic N) is 3. The van der Waals surface area contributed by atoms with Crippen molar-refractivity contribution in [1.29, 1.82) is 5.26 Å². The molecule has 1 aromatic carbocycles. The highest BCUT2D eigenvalue weighted by Gasteiger charge is 2.22. The lowest BCUT2D eigenvalue weighted by atomic mass is 10.2. The average Bonchev–Trinajstić information content (AvgIpc) is 2.72. The van der Waals surface area contributed by atoms with Gasteiger partial charge in [-0.15, -0.1) is 0 Å². The Morgan fingerprint density at radius 1 is 1.25 bits per heavy atom. The van der Waals surface area contributed by atoms with Gasteiger partial charge in [0, 0.05) is 31.9 Å². The zero-order valence-electron chi connectivity index (χ0n) is 11.7. The maximum absolute atomic E-state index is 11.3. The fourth-order valence-corrected chi connectivity index (χ4v) is 2.51. The van der Waals surface area contributed by atoms with Crippen molar-refractivity contribution in [2.45, 2.75) is 19.4 Å². The number of benzene rings is 1. The summed E-state index contributed by atoms with van der Waals surface area (Å²) in [7, 11) is 0. The largest absolute Gasteiger partial charge is 0.370 e. The molecular weight excluding hydrogens is 252 g/mol. The maximum Gasteiger partial charge on any atom is 0.234 e. The highest BCUT2D eigenvalue weighted by molar-refractivity contribution is 5.79. The summed E-state index contributed by atoms with van der Waals surface area (Å²) in [6, 6.07) is 9.54. The average molecular weight is 272 g/mol. The second-order valence-corrected chi connectivity index (χ2v) is 5.11. The van der Waals surface area contributed by atoms with Crippen molar-refractivity contribution in [3.63, 3.8) is 0 Å². The van der Waals surface area contributed by atoms with Crippen LogP contribution in [0.4, 0.5) is 5.69 Å². The van der Waals surface area contributed by atoms with E-state index in [-0.39, 0.29) is 11.9 Å². The van der Waals surface area contributed by atoms with Gasteiger partial charge in [0.1, 0.15) is 0 Å². The number of carbonyl (C=O) groups excluding carboxylic acids is 1. The molecule has 0 aromatic heterocycles. The number of primary amides is 1. The topological polar surface area (TPSA) is 73.4 Å². The molecule has 0 unspecified atom stereocenters. The van der Waals surface area contributed by atoms with Crippen molar-refractivity contribution >= 4 is 11.6 Å². The van der Waals surface area contributed by atoms with E-state index in [1.165, 1.54) is 0 Å². The minimum Gasteiger partial charge on any atom is -0.370 e. The van der Waals surface area contributed by atoms with Crippen molar-refractivity contribution in [2.24, 2.45) is 5.73 Å². The van der Waals surface area contributed by atoms with Crippen LogP contribution in [0.15, 0.2) is 24.3 Å². The van der Waals surface area contributed by atoms with Gasteiger partial charge in [-0.3, -0.25) is 9.69 Å². The van der Waals surface area contributed by atoms with Gasteiger partial charge < -0.3 is 10.6 Å². The summed E-state index contributed by atoms with van der Waals surface area (Å²) in [5.74, 6) is -0.267. The summed E-state index contributed by atoms with van der Waals surface area (Å²) in [6.45, 7) is 5.39. The van der Waals surface area contributed by atoms with Crippen LogP contribution in [-0.4, -0.2) is 43.0 Å². The molecule has 1 atom stereocenters. The molecule has 5 heteroatoms. The second-order valence-electron chi connectivity index (χ2n) is 5.11. The molecule has 1 aliphatic rings. The summed E-state index contributed by atoms with van der Waals surface area (Å²) in [4.78, 5) is 15.7. The van der Waals surface area contributed by atoms with E-state index in [9.17, 15) is 4.79 Å². The molecule has 1 amide bonds. The number of anilines is 1. The van der Waals surface area contributed by atoms with Gasteiger partial charge in [-0.2, -0.15) is 5.26 Å². The van der Waals surface area contributed by atoms with Gasteiger partial charge in [0.05, 0.1) is 17.7 Å². The third-order valence-corrected chi connectivity index (χ3v) is 3.85. The van der Waals surface area contributed by atoms with Gasteiger partial charge in [0.25, 0.3) is 0 Å². The van der Waals surface area contributed by atoms with Gasteiger partial charge in [0.15, 0.2) is 0 Å². The number of nitriles is 1. The van der Waals surface area contributed by atoms with E-state index in [1.54, 1.807) is 0 Å². The van der Waals surface area contributed by atoms with Crippen LogP contribution in [0.25, 0.3) is 0 Å². The Labute approximate surface area is 119 Å². The fraction of sp³-hybridized carbons (Fsp3) is 0.467. The van der Waals surface area contributed by atoms with Gasteiger partial charge in [0.2, 0.25) is 5.91 Å². The molecule has 5 nitrogen and oxygen atoms in total. The lowest BCUT2D eigenvalue weighted by Crippen LogP contribution is -2.44. The molecule has 0 bridgehead atoms. The molecule has 1 fully saturated rings. The first-order valence-electron chi connectivity index (χ1n) is 6.90. The van der Waals surface area contributed by atoms with Crippen LogP contribution in [0.3, 0.4) is 0 Å². The number of hydrogen-bond acceptors (Lipinski definition) is 4. The molecule has 0 aliphatic carbocycles. The van der Waals surface area contributed by atoms with Crippen LogP contribution in [-0.2, 0) is 4.79 Å². The van der Waals surface area contributed by atoms with Gasteiger partial charge in [-0.1, -0.05) is 0 Å². The van der Waals surface area contributed by atoms with Crippen LogP contribution in [0, 0.1) is 11.3 Å². The summed E-state index contributed by atoms with van der Waals surface area (Å²) < 4.78 is 0. The molecule has 1 aromatic rings. The smallest absolute Gasteiger partial charge is 0.234 e. The van der Waals surface area contributed by atoms with Gasteiger partial charge in [-0.25, -0.2) is 0 Å². The maximum atomic E-state index is 11.3. The Bertz CT molecular complexity index is 506. The van der Waals surface area contributed by atoms with E-state index in [0.29, 0.717) is 5.56 Å². The molecule has 0 radical (unpaired) electrons. The van der Waals surface area contributed by atoms with Crippen LogP contribution in [0.1, 0.15) is 18.9 Å². The third kappa shape index (κ3) is 3.28. The molecule has 20 heavy (non-hydrogen) atoms. The molecule has 1 saturated heterocycles. The molecule has 2 rings (SSSR count). The minimum absolute atomic E-state index is 0.212. The number of nitrogens with two attached hydrogens (primary N) is 1. The van der Waals surface area contributed by atoms with Crippen molar-refractivity contribution < 1.29 is 4.79 Å². The standard InChI is InChI=1S/C15H20N4O/c1-12(15(17)20)18-7-2-8-19(10-9-18)14-5-3-13(11-16)4-6-14/h3-6,12H,2,7-10H2,1H3,(H2,17,20)/t12-/m1/s1. The molecular formula is C15H20N4O. The van der Waals surface area contributed by atoms with E-state index >= 15 is 0 Å². The SMILES string of the molecule is C[C@H](C(N)=O)N1CCCN(c2ccc(C#N)cc2)CC1. The monoisotopic (exact) mass is 272 g/mol. The Hall–Kier alpha value is -2.06. The third-order valence-electron chi connectivity index (χ3n) is 3.85. The summed E-state index contributed by atoms with van der Waals surface area (Å²) in [5.41, 5.74) is 7.17. The predicted octanol–water partition coefficient (Wildman–Crippen LogP) is 0.944. The Balaban J connectivity index is 2.02. The van der Waals surface area contributed by atoms with Crippen molar-refractivity contribution in [3.05, 3.63) is 29.8 Å². The summed E-state index contributed by atoms with van der Waals surface area (Å²) in [5, 5.41) is 8.82. The first kappa shape index (κ1) is 14.4. The Morgan fingerprint density at radius 3 is 2.55 bits per heavy atom. The molecule has 0 saturated carbocycles. The van der Waals surface area contributed by atoms with Crippen molar-refractivity contribution in [3.8, 4) is 6.07 Å². The van der Waals surface area contributed by atoms with E-state index in [0.717, 1.165) is 38.3 Å². The lowest BCUT2D eigenvalue weighted by Gasteiger charge is -2.26. The van der Waals surface area contributed by atoms with E-state index in [4.69, 9.17) is 11.0 Å². The first-order valence-corrected chi connectivity index (χ1v) is 6.90. The van der Waals surface area contributed by atoms with E-state index in [1.807, 2.05) is 31.2 Å². The van der Waals surface area contributed by atoms with Gasteiger partial charge in [-0.05, 0) is 37.6 Å². The Kier molecular flexibility index (Phi) is 4.59. The zero-order chi connectivity index (χ0) is 14.5. The number of carbonyl (C=O) groups is 1. The van der Waals surface area contributed by atoms with Gasteiger partial charge >= 0.3 is 0 Å². The quantitative estimate of drug-likeness (QED) is 0.889. The van der Waals surface area contributed by atoms with E-state index < -0.39 is 0 Å². The van der Waals surface area contributed by atoms with E-state index in [2.05, 4.69) is 15.9 Å². The van der Waals surface area contributed by atoms with Crippen molar-refractivity contribution in [1.82, 2.24) is 4.90 Å². The van der Waals surface area contributed by atoms with Crippen LogP contribution in [0.2, 0.25) is 0 Å². The highest BCUT2D eigenvalue weighted by atomic mass is 16.1. The highest BCUT2D eigenvalue weighted by Crippen LogP contribution is 2.18. The molecule has 0 spiro atoms. The summed E-state index contributed by atoms with van der Waals surface area (Å²) in [6.07, 6.45) is 0.998. The lowest BCUT2D eigenvalue weighted by molar-refractivity contribution is -0.122. The molecule has 1 aliphatic heterocycles. The van der Waals surface area contributed by atoms with Crippen LogP contribution < -0.4 is 10.6 Å². The van der Waals surface area contributed by atoms with Crippen LogP contribution >= 0.6 is 0 Å². The normalized spacial score (nSPS) is 18.1. The van der Waals surface area contributed by atoms with Crippen LogP contribution in [0.5, 0.6) is 0 Å². The number of rotatable bonds is 3. The predicted molar refractivity (Wildman–Crippen MR) is 78.2 cm³/mol. The number of hydrogen-bond donors (Lipinski definition) is 1. The molecule has 2 N–H and O–H groups in total. The minimum atomic E-state index is -0.267. The fourth-order valence-electron chi connectivity index (χ4n) is 2.51. The van der Waals surface area contributed by atoms with Crippen molar-refractivity contribution in [2.75, 3.05) is 31.1 Å². The number of amides is 1. The molecule has 1 heterocycles. The zero-order valence-corrected chi connectivity index (χ0v) is 11.7. The molecule has 106 valence electrons. The second kappa shape index (κ2) is 6.40. The summed E-state index contributed by atoms with van der Waals surface area (Å²) >= 11 is 0. The Morgan fingerprint density at radius 2 is 1.95 bits per heavy atom.